The largest absolute Gasteiger partial charge is 0.416 e. The van der Waals surface area contributed by atoms with Gasteiger partial charge in [-0.05, 0) is 18.6 Å². The van der Waals surface area contributed by atoms with Crippen molar-refractivity contribution in [3.05, 3.63) is 34.1 Å². The highest BCUT2D eigenvalue weighted by Crippen LogP contribution is 2.38. The highest BCUT2D eigenvalue weighted by molar-refractivity contribution is 6.30. The van der Waals surface area contributed by atoms with Gasteiger partial charge in [-0.2, -0.15) is 13.2 Å². The molecule has 116 valence electrons. The SMILES string of the molecule is CCCCC[C@H](N)c1c(C(F)(F)F)ccc(Cl)c1F.Cl. The van der Waals surface area contributed by atoms with Gasteiger partial charge < -0.3 is 5.73 Å². The van der Waals surface area contributed by atoms with E-state index in [0.29, 0.717) is 12.8 Å². The summed E-state index contributed by atoms with van der Waals surface area (Å²) in [6.45, 7) is 1.96. The molecule has 0 amide bonds. The lowest BCUT2D eigenvalue weighted by molar-refractivity contribution is -0.138. The van der Waals surface area contributed by atoms with Gasteiger partial charge in [0.1, 0.15) is 5.82 Å². The maximum Gasteiger partial charge on any atom is 0.416 e. The van der Waals surface area contributed by atoms with E-state index >= 15 is 0 Å². The summed E-state index contributed by atoms with van der Waals surface area (Å²) in [5, 5.41) is -0.339. The molecular formula is C13H17Cl2F4N. The predicted molar refractivity (Wildman–Crippen MR) is 74.7 cm³/mol. The van der Waals surface area contributed by atoms with Crippen LogP contribution in [-0.4, -0.2) is 0 Å². The second-order valence-corrected chi connectivity index (χ2v) is 4.83. The van der Waals surface area contributed by atoms with Gasteiger partial charge in [-0.15, -0.1) is 12.4 Å². The quantitative estimate of drug-likeness (QED) is 0.558. The summed E-state index contributed by atoms with van der Waals surface area (Å²) in [5.74, 6) is -1.07. The van der Waals surface area contributed by atoms with Crippen LogP contribution in [0.15, 0.2) is 12.1 Å². The Morgan fingerprint density at radius 2 is 1.85 bits per heavy atom. The molecule has 0 bridgehead atoms. The van der Waals surface area contributed by atoms with Crippen LogP contribution in [0, 0.1) is 5.82 Å². The van der Waals surface area contributed by atoms with Crippen molar-refractivity contribution >= 4 is 24.0 Å². The van der Waals surface area contributed by atoms with Gasteiger partial charge in [0.15, 0.2) is 0 Å². The minimum atomic E-state index is -4.64. The number of hydrogen-bond acceptors (Lipinski definition) is 1. The zero-order chi connectivity index (χ0) is 14.6. The van der Waals surface area contributed by atoms with E-state index in [1.54, 1.807) is 0 Å². The predicted octanol–water partition coefficient (Wildman–Crippen LogP) is 5.50. The Balaban J connectivity index is 0.00000361. The summed E-state index contributed by atoms with van der Waals surface area (Å²) in [5.41, 5.74) is 4.13. The van der Waals surface area contributed by atoms with Crippen LogP contribution < -0.4 is 5.73 Å². The Bertz CT molecular complexity index is 435. The van der Waals surface area contributed by atoms with E-state index in [1.165, 1.54) is 0 Å². The molecule has 7 heteroatoms. The number of alkyl halides is 3. The third-order valence-corrected chi connectivity index (χ3v) is 3.22. The van der Waals surface area contributed by atoms with Crippen LogP contribution >= 0.6 is 24.0 Å². The van der Waals surface area contributed by atoms with Crippen LogP contribution in [0.1, 0.15) is 49.8 Å². The van der Waals surface area contributed by atoms with Crippen molar-refractivity contribution < 1.29 is 17.6 Å². The van der Waals surface area contributed by atoms with Crippen LogP contribution in [0.25, 0.3) is 0 Å². The molecule has 0 aliphatic carbocycles. The number of benzene rings is 1. The number of nitrogens with two attached hydrogens (primary N) is 1. The molecule has 20 heavy (non-hydrogen) atoms. The summed E-state index contributed by atoms with van der Waals surface area (Å²) in [4.78, 5) is 0. The third kappa shape index (κ3) is 4.79. The monoisotopic (exact) mass is 333 g/mol. The fourth-order valence-electron chi connectivity index (χ4n) is 1.93. The fourth-order valence-corrected chi connectivity index (χ4v) is 2.10. The van der Waals surface area contributed by atoms with Crippen LogP contribution in [0.4, 0.5) is 17.6 Å². The first-order chi connectivity index (χ1) is 8.79. The average Bonchev–Trinajstić information content (AvgIpc) is 2.31. The summed E-state index contributed by atoms with van der Waals surface area (Å²) < 4.78 is 52.4. The molecule has 0 fully saturated rings. The van der Waals surface area contributed by atoms with Gasteiger partial charge in [-0.3, -0.25) is 0 Å². The Hall–Kier alpha value is -0.520. The van der Waals surface area contributed by atoms with E-state index in [-0.39, 0.29) is 17.4 Å². The number of halogens is 6. The van der Waals surface area contributed by atoms with Gasteiger partial charge in [-0.1, -0.05) is 37.8 Å². The van der Waals surface area contributed by atoms with Crippen molar-refractivity contribution in [1.82, 2.24) is 0 Å². The number of unbranched alkanes of at least 4 members (excludes halogenated alkanes) is 2. The van der Waals surface area contributed by atoms with E-state index in [0.717, 1.165) is 25.0 Å². The lowest BCUT2D eigenvalue weighted by Gasteiger charge is -2.19. The van der Waals surface area contributed by atoms with Crippen LogP contribution in [-0.2, 0) is 6.18 Å². The second-order valence-electron chi connectivity index (χ2n) is 4.42. The summed E-state index contributed by atoms with van der Waals surface area (Å²) in [6.07, 6.45) is -1.92. The van der Waals surface area contributed by atoms with Gasteiger partial charge in [0.05, 0.1) is 10.6 Å². The minimum Gasteiger partial charge on any atom is -0.324 e. The minimum absolute atomic E-state index is 0. The van der Waals surface area contributed by atoms with Gasteiger partial charge in [0, 0.05) is 11.6 Å². The lowest BCUT2D eigenvalue weighted by Crippen LogP contribution is -2.19. The first-order valence-electron chi connectivity index (χ1n) is 6.09. The molecule has 0 aliphatic rings. The zero-order valence-corrected chi connectivity index (χ0v) is 12.5. The first-order valence-corrected chi connectivity index (χ1v) is 6.47. The molecule has 1 rings (SSSR count). The Kier molecular flexibility index (Phi) is 7.84. The molecule has 2 N–H and O–H groups in total. The Morgan fingerprint density at radius 1 is 1.25 bits per heavy atom. The van der Waals surface area contributed by atoms with E-state index in [2.05, 4.69) is 0 Å². The van der Waals surface area contributed by atoms with Crippen LogP contribution in [0.3, 0.4) is 0 Å². The maximum atomic E-state index is 13.8. The molecule has 1 nitrogen and oxygen atoms in total. The first kappa shape index (κ1) is 19.5. The Morgan fingerprint density at radius 3 is 2.35 bits per heavy atom. The molecule has 0 aromatic heterocycles. The third-order valence-electron chi connectivity index (χ3n) is 2.93. The molecule has 0 spiro atoms. The van der Waals surface area contributed by atoms with Crippen molar-refractivity contribution in [2.45, 2.75) is 44.8 Å². The molecule has 0 saturated heterocycles. The van der Waals surface area contributed by atoms with Gasteiger partial charge in [0.25, 0.3) is 0 Å². The standard InChI is InChI=1S/C13H16ClF4N.ClH/c1-2-3-4-5-10(19)11-8(13(16,17)18)6-7-9(14)12(11)15;/h6-7,10H,2-5,19H2,1H3;1H/t10-;/m0./s1. The summed E-state index contributed by atoms with van der Waals surface area (Å²) in [6, 6.07) is 0.685. The van der Waals surface area contributed by atoms with E-state index in [9.17, 15) is 17.6 Å². The topological polar surface area (TPSA) is 26.0 Å². The van der Waals surface area contributed by atoms with E-state index in [4.69, 9.17) is 17.3 Å². The second kappa shape index (κ2) is 8.05. The van der Waals surface area contributed by atoms with Gasteiger partial charge in [0.2, 0.25) is 0 Å². The molecule has 0 radical (unpaired) electrons. The van der Waals surface area contributed by atoms with Crippen molar-refractivity contribution in [1.29, 1.82) is 0 Å². The smallest absolute Gasteiger partial charge is 0.324 e. The molecule has 1 aromatic rings. The molecule has 0 unspecified atom stereocenters. The summed E-state index contributed by atoms with van der Waals surface area (Å²) in [7, 11) is 0. The zero-order valence-electron chi connectivity index (χ0n) is 10.9. The van der Waals surface area contributed by atoms with Crippen molar-refractivity contribution in [2.75, 3.05) is 0 Å². The molecule has 1 aromatic carbocycles. The molecule has 0 saturated carbocycles. The van der Waals surface area contributed by atoms with Crippen LogP contribution in [0.5, 0.6) is 0 Å². The van der Waals surface area contributed by atoms with Crippen molar-refractivity contribution in [3.63, 3.8) is 0 Å². The van der Waals surface area contributed by atoms with Gasteiger partial charge >= 0.3 is 6.18 Å². The normalized spacial score (nSPS) is 12.9. The average molecular weight is 334 g/mol. The van der Waals surface area contributed by atoms with Gasteiger partial charge in [-0.25, -0.2) is 4.39 Å². The molecular weight excluding hydrogens is 317 g/mol. The summed E-state index contributed by atoms with van der Waals surface area (Å²) >= 11 is 5.54. The Labute approximate surface area is 126 Å². The maximum absolute atomic E-state index is 13.8. The molecule has 0 heterocycles. The fraction of sp³-hybridized carbons (Fsp3) is 0.538. The van der Waals surface area contributed by atoms with Crippen molar-refractivity contribution in [3.8, 4) is 0 Å². The van der Waals surface area contributed by atoms with E-state index < -0.39 is 29.2 Å². The number of hydrogen-bond donors (Lipinski definition) is 1. The highest BCUT2D eigenvalue weighted by Gasteiger charge is 2.36. The number of rotatable bonds is 5. The highest BCUT2D eigenvalue weighted by atomic mass is 35.5. The van der Waals surface area contributed by atoms with Crippen molar-refractivity contribution in [2.24, 2.45) is 5.73 Å². The van der Waals surface area contributed by atoms with Crippen LogP contribution in [0.2, 0.25) is 5.02 Å². The lowest BCUT2D eigenvalue weighted by atomic mass is 9.95. The molecule has 0 aliphatic heterocycles. The van der Waals surface area contributed by atoms with E-state index in [1.807, 2.05) is 6.92 Å². The molecule has 1 atom stereocenters.